The molecule has 0 spiro atoms. The number of pyridine rings is 1. The molecule has 2 aromatic heterocycles. The maximum atomic E-state index is 12.9. The van der Waals surface area contributed by atoms with Crippen molar-refractivity contribution in [2.45, 2.75) is 51.5 Å². The average Bonchev–Trinajstić information content (AvgIpc) is 2.81. The number of likely N-dealkylation sites (tertiary alicyclic amines) is 1. The van der Waals surface area contributed by atoms with Crippen LogP contribution in [0.5, 0.6) is 5.75 Å². The first-order valence-electron chi connectivity index (χ1n) is 11.0. The van der Waals surface area contributed by atoms with Gasteiger partial charge in [-0.25, -0.2) is 4.79 Å². The van der Waals surface area contributed by atoms with E-state index < -0.39 is 0 Å². The smallest absolute Gasteiger partial charge is 0.336 e. The SMILES string of the molecule is CCc1cc(=O)oc2cc(OCC(=O)N3CCCCC3CCc3ccccn3)ccc12. The molecule has 1 aliphatic heterocycles. The second-order valence-electron chi connectivity index (χ2n) is 7.99. The second-order valence-corrected chi connectivity index (χ2v) is 7.99. The first-order chi connectivity index (χ1) is 15.1. The molecule has 3 heterocycles. The third-order valence-electron chi connectivity index (χ3n) is 5.95. The molecule has 0 saturated carbocycles. The number of amides is 1. The highest BCUT2D eigenvalue weighted by Gasteiger charge is 2.26. The van der Waals surface area contributed by atoms with Gasteiger partial charge in [-0.1, -0.05) is 13.0 Å². The molecule has 0 aliphatic carbocycles. The molecule has 3 aromatic rings. The van der Waals surface area contributed by atoms with Crippen LogP contribution in [-0.4, -0.2) is 35.0 Å². The van der Waals surface area contributed by atoms with E-state index in [1.807, 2.05) is 48.4 Å². The van der Waals surface area contributed by atoms with Crippen LogP contribution in [0.4, 0.5) is 0 Å². The van der Waals surface area contributed by atoms with Crippen LogP contribution >= 0.6 is 0 Å². The predicted octanol–water partition coefficient (Wildman–Crippen LogP) is 4.14. The Balaban J connectivity index is 1.40. The van der Waals surface area contributed by atoms with Gasteiger partial charge in [0.05, 0.1) is 0 Å². The Hall–Kier alpha value is -3.15. The molecule has 0 bridgehead atoms. The first-order valence-corrected chi connectivity index (χ1v) is 11.0. The van der Waals surface area contributed by atoms with Gasteiger partial charge in [0.15, 0.2) is 6.61 Å². The average molecular weight is 421 g/mol. The van der Waals surface area contributed by atoms with Crippen molar-refractivity contribution in [1.29, 1.82) is 0 Å². The molecule has 162 valence electrons. The standard InChI is InChI=1S/C25H28N2O4/c1-2-18-15-25(29)31-23-16-21(11-12-22(18)23)30-17-24(28)27-14-6-4-8-20(27)10-9-19-7-3-5-13-26-19/h3,5,7,11-13,15-16,20H,2,4,6,8-10,14,17H2,1H3. The highest BCUT2D eigenvalue weighted by Crippen LogP contribution is 2.24. The van der Waals surface area contributed by atoms with Crippen molar-refractivity contribution in [3.05, 3.63) is 70.3 Å². The Morgan fingerprint density at radius 3 is 2.94 bits per heavy atom. The summed E-state index contributed by atoms with van der Waals surface area (Å²) in [7, 11) is 0. The minimum absolute atomic E-state index is 0.00502. The van der Waals surface area contributed by atoms with E-state index in [2.05, 4.69) is 4.98 Å². The molecule has 1 saturated heterocycles. The molecule has 4 rings (SSSR count). The van der Waals surface area contributed by atoms with Crippen molar-refractivity contribution in [2.75, 3.05) is 13.2 Å². The summed E-state index contributed by atoms with van der Waals surface area (Å²) in [5, 5.41) is 0.895. The normalized spacial score (nSPS) is 16.4. The van der Waals surface area contributed by atoms with Gasteiger partial charge in [-0.3, -0.25) is 9.78 Å². The summed E-state index contributed by atoms with van der Waals surface area (Å²) < 4.78 is 11.1. The summed E-state index contributed by atoms with van der Waals surface area (Å²) in [6.07, 6.45) is 7.49. The number of fused-ring (bicyclic) bond motifs is 1. The van der Waals surface area contributed by atoms with Crippen molar-refractivity contribution >= 4 is 16.9 Å². The van der Waals surface area contributed by atoms with Crippen LogP contribution in [0.25, 0.3) is 11.0 Å². The zero-order valence-electron chi connectivity index (χ0n) is 17.9. The maximum absolute atomic E-state index is 12.9. The van der Waals surface area contributed by atoms with E-state index in [4.69, 9.17) is 9.15 Å². The van der Waals surface area contributed by atoms with Gasteiger partial charge in [0.2, 0.25) is 0 Å². The van der Waals surface area contributed by atoms with Gasteiger partial charge < -0.3 is 14.1 Å². The zero-order valence-corrected chi connectivity index (χ0v) is 17.9. The molecule has 1 aromatic carbocycles. The number of hydrogen-bond donors (Lipinski definition) is 0. The minimum Gasteiger partial charge on any atom is -0.484 e. The Morgan fingerprint density at radius 1 is 1.23 bits per heavy atom. The second kappa shape index (κ2) is 9.77. The fourth-order valence-electron chi connectivity index (χ4n) is 4.31. The Kier molecular flexibility index (Phi) is 6.65. The topological polar surface area (TPSA) is 72.6 Å². The third kappa shape index (κ3) is 5.13. The molecule has 1 unspecified atom stereocenters. The highest BCUT2D eigenvalue weighted by atomic mass is 16.5. The maximum Gasteiger partial charge on any atom is 0.336 e. The van der Waals surface area contributed by atoms with Gasteiger partial charge in [0, 0.05) is 42.0 Å². The number of rotatable bonds is 7. The number of nitrogens with zero attached hydrogens (tertiary/aromatic N) is 2. The summed E-state index contributed by atoms with van der Waals surface area (Å²) >= 11 is 0. The summed E-state index contributed by atoms with van der Waals surface area (Å²) in [4.78, 5) is 31.1. The molecule has 0 N–H and O–H groups in total. The van der Waals surface area contributed by atoms with E-state index >= 15 is 0 Å². The van der Waals surface area contributed by atoms with Crippen LogP contribution in [0.15, 0.2) is 57.9 Å². The molecule has 6 heteroatoms. The molecule has 31 heavy (non-hydrogen) atoms. The number of ether oxygens (including phenoxy) is 1. The molecular formula is C25H28N2O4. The van der Waals surface area contributed by atoms with Crippen molar-refractivity contribution in [3.63, 3.8) is 0 Å². The third-order valence-corrected chi connectivity index (χ3v) is 5.95. The van der Waals surface area contributed by atoms with Gasteiger partial charge in [0.25, 0.3) is 5.91 Å². The van der Waals surface area contributed by atoms with E-state index in [1.54, 1.807) is 6.07 Å². The predicted molar refractivity (Wildman–Crippen MR) is 119 cm³/mol. The highest BCUT2D eigenvalue weighted by molar-refractivity contribution is 5.82. The summed E-state index contributed by atoms with van der Waals surface area (Å²) in [5.41, 5.74) is 2.11. The Bertz CT molecular complexity index is 1090. The van der Waals surface area contributed by atoms with E-state index in [0.29, 0.717) is 11.3 Å². The molecule has 0 radical (unpaired) electrons. The van der Waals surface area contributed by atoms with Crippen LogP contribution in [0.3, 0.4) is 0 Å². The molecule has 1 atom stereocenters. The van der Waals surface area contributed by atoms with Gasteiger partial charge in [-0.15, -0.1) is 0 Å². The number of aryl methyl sites for hydroxylation is 2. The number of hydrogen-bond acceptors (Lipinski definition) is 5. The summed E-state index contributed by atoms with van der Waals surface area (Å²) in [6, 6.07) is 13.1. The van der Waals surface area contributed by atoms with Crippen LogP contribution in [0.2, 0.25) is 0 Å². The van der Waals surface area contributed by atoms with Gasteiger partial charge in [-0.05, 0) is 68.4 Å². The largest absolute Gasteiger partial charge is 0.484 e. The lowest BCUT2D eigenvalue weighted by molar-refractivity contribution is -0.137. The van der Waals surface area contributed by atoms with Gasteiger partial charge in [-0.2, -0.15) is 0 Å². The fraction of sp³-hybridized carbons (Fsp3) is 0.400. The lowest BCUT2D eigenvalue weighted by Crippen LogP contribution is -2.46. The molecule has 1 aliphatic rings. The number of carbonyl (C=O) groups excluding carboxylic acids is 1. The van der Waals surface area contributed by atoms with Gasteiger partial charge in [0.1, 0.15) is 11.3 Å². The Labute approximate surface area is 181 Å². The van der Waals surface area contributed by atoms with E-state index in [9.17, 15) is 9.59 Å². The van der Waals surface area contributed by atoms with E-state index in [-0.39, 0.29) is 24.2 Å². The van der Waals surface area contributed by atoms with Crippen molar-refractivity contribution in [1.82, 2.24) is 9.88 Å². The van der Waals surface area contributed by atoms with Crippen molar-refractivity contribution < 1.29 is 13.9 Å². The number of carbonyl (C=O) groups is 1. The summed E-state index contributed by atoms with van der Waals surface area (Å²) in [5.74, 6) is 0.522. The molecule has 6 nitrogen and oxygen atoms in total. The molecule has 1 fully saturated rings. The van der Waals surface area contributed by atoms with Crippen LogP contribution in [-0.2, 0) is 17.6 Å². The van der Waals surface area contributed by atoms with Crippen LogP contribution in [0.1, 0.15) is 43.9 Å². The van der Waals surface area contributed by atoms with Crippen molar-refractivity contribution in [3.8, 4) is 5.75 Å². The molecular weight excluding hydrogens is 392 g/mol. The first kappa shape index (κ1) is 21.1. The van der Waals surface area contributed by atoms with E-state index in [0.717, 1.165) is 61.7 Å². The number of aromatic nitrogens is 1. The fourth-order valence-corrected chi connectivity index (χ4v) is 4.31. The van der Waals surface area contributed by atoms with Crippen LogP contribution in [0, 0.1) is 0 Å². The van der Waals surface area contributed by atoms with E-state index in [1.165, 1.54) is 6.07 Å². The van der Waals surface area contributed by atoms with Gasteiger partial charge >= 0.3 is 5.63 Å². The summed E-state index contributed by atoms with van der Waals surface area (Å²) in [6.45, 7) is 2.74. The molecule has 1 amide bonds. The quantitative estimate of drug-likeness (QED) is 0.537. The lowest BCUT2D eigenvalue weighted by atomic mass is 9.97. The Morgan fingerprint density at radius 2 is 2.13 bits per heavy atom. The number of benzene rings is 1. The van der Waals surface area contributed by atoms with Crippen molar-refractivity contribution in [2.24, 2.45) is 0 Å². The van der Waals surface area contributed by atoms with Crippen LogP contribution < -0.4 is 10.4 Å². The number of piperidine rings is 1. The zero-order chi connectivity index (χ0) is 21.6. The monoisotopic (exact) mass is 420 g/mol. The minimum atomic E-state index is -0.373. The lowest BCUT2D eigenvalue weighted by Gasteiger charge is -2.35.